The second-order valence-electron chi connectivity index (χ2n) is 20.8. The summed E-state index contributed by atoms with van der Waals surface area (Å²) in [6.45, 7) is 37.2. The summed E-state index contributed by atoms with van der Waals surface area (Å²) >= 11 is 0. The van der Waals surface area contributed by atoms with Gasteiger partial charge >= 0.3 is 0 Å². The molecule has 5 fully saturated rings. The van der Waals surface area contributed by atoms with E-state index in [1.807, 2.05) is 0 Å². The van der Waals surface area contributed by atoms with E-state index in [0.29, 0.717) is 17.3 Å². The number of fused-ring (bicyclic) bond motifs is 1. The van der Waals surface area contributed by atoms with E-state index in [-0.39, 0.29) is 33.5 Å². The van der Waals surface area contributed by atoms with E-state index in [4.69, 9.17) is 24.9 Å². The summed E-state index contributed by atoms with van der Waals surface area (Å²) in [5.41, 5.74) is 4.76. The smallest absolute Gasteiger partial charge is 0.192 e. The molecule has 1 aliphatic heterocycles. The van der Waals surface area contributed by atoms with Crippen LogP contribution < -0.4 is 0 Å². The first kappa shape index (κ1) is 41.4. The number of ether oxygens (including phenoxy) is 2. The third kappa shape index (κ3) is 8.42. The zero-order valence-corrected chi connectivity index (χ0v) is 37.4. The molecule has 0 N–H and O–H groups in total. The summed E-state index contributed by atoms with van der Waals surface area (Å²) in [5.74, 6) is 1.64. The predicted molar refractivity (Wildman–Crippen MR) is 221 cm³/mol. The molecule has 4 saturated carbocycles. The highest BCUT2D eigenvalue weighted by Gasteiger charge is 2.61. The van der Waals surface area contributed by atoms with E-state index in [9.17, 15) is 0 Å². The van der Waals surface area contributed by atoms with Crippen LogP contribution in [0, 0.1) is 28.6 Å². The fraction of sp³-hybridized carbons (Fsp3) is 0.822. The molecule has 0 aromatic carbocycles. The highest BCUT2D eigenvalue weighted by molar-refractivity contribution is 6.74. The van der Waals surface area contributed by atoms with Crippen LogP contribution in [0.4, 0.5) is 0 Å². The van der Waals surface area contributed by atoms with Gasteiger partial charge in [0, 0.05) is 18.3 Å². The first-order chi connectivity index (χ1) is 23.6. The van der Waals surface area contributed by atoms with Gasteiger partial charge in [-0.25, -0.2) is 0 Å². The molecule has 5 rings (SSSR count). The van der Waals surface area contributed by atoms with E-state index in [2.05, 4.69) is 113 Å². The molecular weight excluding hydrogens is 661 g/mol. The average Bonchev–Trinajstić information content (AvgIpc) is 3.49. The predicted octanol–water partition coefficient (Wildman–Crippen LogP) is 13.1. The third-order valence-electron chi connectivity index (χ3n) is 15.4. The number of hydrogen-bond acceptors (Lipinski definition) is 4. The van der Waals surface area contributed by atoms with Gasteiger partial charge in [-0.2, -0.15) is 0 Å². The van der Waals surface area contributed by atoms with Gasteiger partial charge in [-0.15, -0.1) is 0 Å². The van der Waals surface area contributed by atoms with Crippen molar-refractivity contribution in [2.75, 3.05) is 13.2 Å². The molecular formula is C45H78O4Si2. The molecule has 4 aliphatic carbocycles. The maximum absolute atomic E-state index is 7.13. The van der Waals surface area contributed by atoms with Crippen LogP contribution in [0.1, 0.15) is 139 Å². The zero-order valence-electron chi connectivity index (χ0n) is 35.4. The highest BCUT2D eigenvalue weighted by Crippen LogP contribution is 2.62. The fourth-order valence-corrected chi connectivity index (χ4v) is 12.6. The molecule has 0 bridgehead atoms. The Morgan fingerprint density at radius 3 is 2.14 bits per heavy atom. The van der Waals surface area contributed by atoms with Gasteiger partial charge in [0.05, 0.1) is 25.4 Å². The zero-order chi connectivity index (χ0) is 37.7. The lowest BCUT2D eigenvalue weighted by Crippen LogP contribution is -2.49. The minimum absolute atomic E-state index is 0.0256. The SMILES string of the molecule is C=C1/C(=C\C=C2/CCC[C@]3(C)[C@@H]([C@H](C)/C=C/CC4(C5(CCC)OCCO5)CC4)CC[C@@H]23)C[C@@H](O[Si](C)(C)C(C)(C)C)C[C@@H]1O[Si](C)(C)C(C)(C)C. The first-order valence-electron chi connectivity index (χ1n) is 21.0. The molecule has 0 radical (unpaired) electrons. The molecule has 0 amide bonds. The van der Waals surface area contributed by atoms with Gasteiger partial charge in [0.15, 0.2) is 22.4 Å². The van der Waals surface area contributed by atoms with Crippen LogP contribution in [0.5, 0.6) is 0 Å². The van der Waals surface area contributed by atoms with Crippen LogP contribution in [0.2, 0.25) is 36.3 Å². The van der Waals surface area contributed by atoms with Gasteiger partial charge in [-0.1, -0.05) is 105 Å². The van der Waals surface area contributed by atoms with Crippen molar-refractivity contribution in [1.29, 1.82) is 0 Å². The molecule has 0 aromatic rings. The topological polar surface area (TPSA) is 36.9 Å². The molecule has 5 aliphatic rings. The van der Waals surface area contributed by atoms with Crippen LogP contribution in [0.25, 0.3) is 0 Å². The van der Waals surface area contributed by atoms with Crippen LogP contribution in [-0.2, 0) is 18.3 Å². The maximum Gasteiger partial charge on any atom is 0.192 e. The summed E-state index contributed by atoms with van der Waals surface area (Å²) in [6.07, 6.45) is 24.3. The van der Waals surface area contributed by atoms with Gasteiger partial charge in [0.1, 0.15) is 0 Å². The number of rotatable bonds is 12. The molecule has 1 saturated heterocycles. The van der Waals surface area contributed by atoms with Crippen molar-refractivity contribution < 1.29 is 18.3 Å². The Hall–Kier alpha value is -0.766. The molecule has 6 heteroatoms. The minimum Gasteiger partial charge on any atom is -0.413 e. The van der Waals surface area contributed by atoms with Crippen molar-refractivity contribution in [3.63, 3.8) is 0 Å². The van der Waals surface area contributed by atoms with Crippen molar-refractivity contribution in [2.45, 2.75) is 194 Å². The molecule has 0 unspecified atom stereocenters. The number of hydrogen-bond donors (Lipinski definition) is 0. The first-order valence-corrected chi connectivity index (χ1v) is 26.8. The summed E-state index contributed by atoms with van der Waals surface area (Å²) in [5, 5.41) is 0.329. The Morgan fingerprint density at radius 1 is 0.922 bits per heavy atom. The second-order valence-corrected chi connectivity index (χ2v) is 30.3. The maximum atomic E-state index is 7.13. The Balaban J connectivity index is 1.32. The lowest BCUT2D eigenvalue weighted by atomic mass is 9.61. The molecule has 4 nitrogen and oxygen atoms in total. The van der Waals surface area contributed by atoms with E-state index in [1.165, 1.54) is 56.1 Å². The average molecular weight is 739 g/mol. The standard InChI is InChI=1S/C45H78O4Si2/c1-15-24-45(46-29-30-47-45)44(27-28-44)26-16-18-33(2)38-22-23-39-35(19-17-25-43(38,39)10)20-21-36-31-37(48-50(11,12)41(4,5)6)32-40(34(36)3)49-51(13,14)42(7,8)9/h16,18,20-21,33,37-40H,3,15,17,19,22-32H2,1-2,4-14H3/b18-16+,35-20+,36-21-/t33-,37-,38-,39+,40+,43-/m1/s1. The van der Waals surface area contributed by atoms with Gasteiger partial charge in [0.25, 0.3) is 0 Å². The van der Waals surface area contributed by atoms with Crippen molar-refractivity contribution in [2.24, 2.45) is 28.6 Å². The van der Waals surface area contributed by atoms with Crippen molar-refractivity contribution >= 4 is 16.6 Å². The van der Waals surface area contributed by atoms with Crippen molar-refractivity contribution in [3.8, 4) is 0 Å². The van der Waals surface area contributed by atoms with Crippen molar-refractivity contribution in [3.05, 3.63) is 47.6 Å². The Bertz CT molecular complexity index is 1330. The monoisotopic (exact) mass is 739 g/mol. The summed E-state index contributed by atoms with van der Waals surface area (Å²) in [6, 6.07) is 0. The normalized spacial score (nSPS) is 33.7. The Kier molecular flexibility index (Phi) is 12.2. The Labute approximate surface area is 316 Å². The van der Waals surface area contributed by atoms with E-state index >= 15 is 0 Å². The molecule has 0 aromatic heterocycles. The van der Waals surface area contributed by atoms with E-state index in [0.717, 1.165) is 51.2 Å². The molecule has 0 spiro atoms. The third-order valence-corrected chi connectivity index (χ3v) is 24.4. The minimum atomic E-state index is -1.99. The molecule has 290 valence electrons. The quantitative estimate of drug-likeness (QED) is 0.148. The van der Waals surface area contributed by atoms with Crippen LogP contribution >= 0.6 is 0 Å². The van der Waals surface area contributed by atoms with Crippen molar-refractivity contribution in [1.82, 2.24) is 0 Å². The summed E-state index contributed by atoms with van der Waals surface area (Å²) in [7, 11) is -3.92. The van der Waals surface area contributed by atoms with Gasteiger partial charge < -0.3 is 18.3 Å². The largest absolute Gasteiger partial charge is 0.413 e. The number of allylic oxidation sites excluding steroid dienone is 5. The molecule has 51 heavy (non-hydrogen) atoms. The molecule has 1 heterocycles. The van der Waals surface area contributed by atoms with E-state index in [1.54, 1.807) is 5.57 Å². The van der Waals surface area contributed by atoms with Crippen LogP contribution in [0.15, 0.2) is 47.6 Å². The summed E-state index contributed by atoms with van der Waals surface area (Å²) < 4.78 is 26.9. The van der Waals surface area contributed by atoms with Gasteiger partial charge in [-0.05, 0) is 128 Å². The van der Waals surface area contributed by atoms with Crippen LogP contribution in [0.3, 0.4) is 0 Å². The summed E-state index contributed by atoms with van der Waals surface area (Å²) in [4.78, 5) is 0. The van der Waals surface area contributed by atoms with E-state index < -0.39 is 16.6 Å². The van der Waals surface area contributed by atoms with Gasteiger partial charge in [0.2, 0.25) is 0 Å². The highest BCUT2D eigenvalue weighted by atomic mass is 28.4. The Morgan fingerprint density at radius 2 is 1.55 bits per heavy atom. The lowest BCUT2D eigenvalue weighted by molar-refractivity contribution is -0.210. The van der Waals surface area contributed by atoms with Gasteiger partial charge in [-0.3, -0.25) is 0 Å². The fourth-order valence-electron chi connectivity index (χ4n) is 9.94. The van der Waals surface area contributed by atoms with Crippen LogP contribution in [-0.4, -0.2) is 47.8 Å². The second kappa shape index (κ2) is 15.1. The lowest BCUT2D eigenvalue weighted by Gasteiger charge is -2.45. The molecule has 6 atom stereocenters.